The third kappa shape index (κ3) is 4.65. The Labute approximate surface area is 163 Å². The molecular weight excluding hydrogens is 358 g/mol. The van der Waals surface area contributed by atoms with Crippen LogP contribution < -0.4 is 9.47 Å². The van der Waals surface area contributed by atoms with Crippen LogP contribution in [0.3, 0.4) is 0 Å². The van der Waals surface area contributed by atoms with Crippen LogP contribution in [0.25, 0.3) is 6.08 Å². The van der Waals surface area contributed by atoms with Crippen molar-refractivity contribution in [2.45, 2.75) is 26.7 Å². The van der Waals surface area contributed by atoms with Crippen molar-refractivity contribution in [1.82, 2.24) is 0 Å². The first-order chi connectivity index (χ1) is 13.6. The molecule has 0 bridgehead atoms. The van der Waals surface area contributed by atoms with E-state index in [-0.39, 0.29) is 17.6 Å². The van der Waals surface area contributed by atoms with Crippen LogP contribution in [0, 0.1) is 0 Å². The van der Waals surface area contributed by atoms with Gasteiger partial charge in [-0.15, -0.1) is 0 Å². The van der Waals surface area contributed by atoms with Crippen molar-refractivity contribution in [2.24, 2.45) is 4.99 Å². The molecule has 6 heteroatoms. The molecule has 0 radical (unpaired) electrons. The Kier molecular flexibility index (Phi) is 6.22. The molecule has 28 heavy (non-hydrogen) atoms. The largest absolute Gasteiger partial charge is 0.490 e. The summed E-state index contributed by atoms with van der Waals surface area (Å²) in [6.45, 7) is 4.16. The molecule has 1 heterocycles. The maximum Gasteiger partial charge on any atom is 0.363 e. The van der Waals surface area contributed by atoms with Gasteiger partial charge in [0.15, 0.2) is 17.2 Å². The van der Waals surface area contributed by atoms with E-state index >= 15 is 0 Å². The van der Waals surface area contributed by atoms with Gasteiger partial charge in [0.2, 0.25) is 5.90 Å². The fourth-order valence-corrected chi connectivity index (χ4v) is 2.62. The number of hydrogen-bond donors (Lipinski definition) is 0. The molecular formula is C22H21NO5. The Hall–Kier alpha value is -3.41. The maximum atomic E-state index is 12.2. The van der Waals surface area contributed by atoms with Crippen molar-refractivity contribution in [3.05, 3.63) is 65.4 Å². The van der Waals surface area contributed by atoms with Crippen LogP contribution >= 0.6 is 0 Å². The lowest BCUT2D eigenvalue weighted by atomic mass is 10.1. The lowest BCUT2D eigenvalue weighted by Gasteiger charge is -2.11. The molecule has 1 aliphatic heterocycles. The van der Waals surface area contributed by atoms with E-state index in [9.17, 15) is 9.59 Å². The zero-order valence-corrected chi connectivity index (χ0v) is 15.8. The molecule has 0 saturated carbocycles. The van der Waals surface area contributed by atoms with Gasteiger partial charge < -0.3 is 14.2 Å². The number of rotatable bonds is 7. The smallest absolute Gasteiger partial charge is 0.363 e. The first kappa shape index (κ1) is 19.4. The van der Waals surface area contributed by atoms with Gasteiger partial charge in [-0.3, -0.25) is 4.79 Å². The van der Waals surface area contributed by atoms with E-state index in [1.54, 1.807) is 24.3 Å². The number of hydrogen-bond acceptors (Lipinski definition) is 6. The Morgan fingerprint density at radius 1 is 1.11 bits per heavy atom. The van der Waals surface area contributed by atoms with E-state index in [0.717, 1.165) is 5.56 Å². The van der Waals surface area contributed by atoms with Crippen LogP contribution in [-0.2, 0) is 14.3 Å². The minimum Gasteiger partial charge on any atom is -0.490 e. The van der Waals surface area contributed by atoms with Crippen LogP contribution in [0.4, 0.5) is 0 Å². The summed E-state index contributed by atoms with van der Waals surface area (Å²) < 4.78 is 16.2. The standard InChI is InChI=1S/C22H21NO5/c1-3-8-20(24)27-18-12-11-15(14-19(18)26-4-2)13-17-22(25)28-21(23-17)16-9-6-5-7-10-16/h5-7,9-14H,3-4,8H2,1-2H3/b17-13-. The van der Waals surface area contributed by atoms with Gasteiger partial charge >= 0.3 is 11.9 Å². The van der Waals surface area contributed by atoms with Gasteiger partial charge in [-0.25, -0.2) is 9.79 Å². The van der Waals surface area contributed by atoms with Gasteiger partial charge in [0.1, 0.15) is 0 Å². The second-order valence-corrected chi connectivity index (χ2v) is 6.07. The number of cyclic esters (lactones) is 1. The number of carbonyl (C=O) groups excluding carboxylic acids is 2. The normalized spacial score (nSPS) is 14.6. The summed E-state index contributed by atoms with van der Waals surface area (Å²) >= 11 is 0. The highest BCUT2D eigenvalue weighted by molar-refractivity contribution is 6.12. The third-order valence-corrected chi connectivity index (χ3v) is 3.89. The van der Waals surface area contributed by atoms with Crippen molar-refractivity contribution >= 4 is 23.9 Å². The van der Waals surface area contributed by atoms with Crippen molar-refractivity contribution in [1.29, 1.82) is 0 Å². The SMILES string of the molecule is CCCC(=O)Oc1ccc(/C=C2\N=C(c3ccccc3)OC2=O)cc1OCC. The molecule has 1 aliphatic rings. The Bertz CT molecular complexity index is 931. The van der Waals surface area contributed by atoms with Gasteiger partial charge in [-0.1, -0.05) is 31.2 Å². The first-order valence-corrected chi connectivity index (χ1v) is 9.16. The Morgan fingerprint density at radius 2 is 1.89 bits per heavy atom. The van der Waals surface area contributed by atoms with E-state index in [1.165, 1.54) is 0 Å². The summed E-state index contributed by atoms with van der Waals surface area (Å²) in [5.41, 5.74) is 1.60. The van der Waals surface area contributed by atoms with E-state index in [0.29, 0.717) is 36.5 Å². The molecule has 2 aromatic rings. The van der Waals surface area contributed by atoms with E-state index in [4.69, 9.17) is 14.2 Å². The molecule has 0 saturated heterocycles. The van der Waals surface area contributed by atoms with Gasteiger partial charge in [0.05, 0.1) is 6.61 Å². The fourth-order valence-electron chi connectivity index (χ4n) is 2.62. The van der Waals surface area contributed by atoms with Crippen LogP contribution in [0.5, 0.6) is 11.5 Å². The number of nitrogens with zero attached hydrogens (tertiary/aromatic N) is 1. The highest BCUT2D eigenvalue weighted by Crippen LogP contribution is 2.30. The molecule has 0 aliphatic carbocycles. The van der Waals surface area contributed by atoms with E-state index < -0.39 is 5.97 Å². The van der Waals surface area contributed by atoms with Crippen LogP contribution in [0.15, 0.2) is 59.2 Å². The Balaban J connectivity index is 1.87. The number of ether oxygens (including phenoxy) is 3. The summed E-state index contributed by atoms with van der Waals surface area (Å²) in [7, 11) is 0. The summed E-state index contributed by atoms with van der Waals surface area (Å²) in [4.78, 5) is 28.2. The topological polar surface area (TPSA) is 74.2 Å². The van der Waals surface area contributed by atoms with Gasteiger partial charge in [0, 0.05) is 12.0 Å². The van der Waals surface area contributed by atoms with Crippen LogP contribution in [0.2, 0.25) is 0 Å². The summed E-state index contributed by atoms with van der Waals surface area (Å²) in [5.74, 6) is 0.221. The molecule has 0 atom stereocenters. The summed E-state index contributed by atoms with van der Waals surface area (Å²) in [6.07, 6.45) is 2.65. The first-order valence-electron chi connectivity index (χ1n) is 9.16. The minimum absolute atomic E-state index is 0.192. The molecule has 0 N–H and O–H groups in total. The Morgan fingerprint density at radius 3 is 2.61 bits per heavy atom. The molecule has 0 unspecified atom stereocenters. The van der Waals surface area contributed by atoms with Crippen molar-refractivity contribution in [3.63, 3.8) is 0 Å². The van der Waals surface area contributed by atoms with Crippen LogP contribution in [0.1, 0.15) is 37.8 Å². The predicted molar refractivity (Wildman–Crippen MR) is 105 cm³/mol. The third-order valence-electron chi connectivity index (χ3n) is 3.89. The van der Waals surface area contributed by atoms with Crippen LogP contribution in [-0.4, -0.2) is 24.4 Å². The van der Waals surface area contributed by atoms with E-state index in [2.05, 4.69) is 4.99 Å². The second kappa shape index (κ2) is 8.99. The minimum atomic E-state index is -0.518. The molecule has 3 rings (SSSR count). The monoisotopic (exact) mass is 379 g/mol. The van der Waals surface area contributed by atoms with Gasteiger partial charge in [-0.2, -0.15) is 0 Å². The molecule has 0 spiro atoms. The maximum absolute atomic E-state index is 12.2. The lowest BCUT2D eigenvalue weighted by Crippen LogP contribution is -2.08. The zero-order chi connectivity index (χ0) is 19.9. The highest BCUT2D eigenvalue weighted by Gasteiger charge is 2.24. The molecule has 0 aromatic heterocycles. The van der Waals surface area contributed by atoms with Gasteiger partial charge in [0.25, 0.3) is 0 Å². The highest BCUT2D eigenvalue weighted by atomic mass is 16.6. The average molecular weight is 379 g/mol. The molecule has 6 nitrogen and oxygen atoms in total. The molecule has 2 aromatic carbocycles. The number of aliphatic imine (C=N–C) groups is 1. The number of benzene rings is 2. The number of carbonyl (C=O) groups is 2. The molecule has 144 valence electrons. The molecule has 0 fully saturated rings. The van der Waals surface area contributed by atoms with E-state index in [1.807, 2.05) is 44.2 Å². The van der Waals surface area contributed by atoms with Crippen molar-refractivity contribution in [2.75, 3.05) is 6.61 Å². The predicted octanol–water partition coefficient (Wildman–Crippen LogP) is 4.14. The van der Waals surface area contributed by atoms with Crippen molar-refractivity contribution in [3.8, 4) is 11.5 Å². The van der Waals surface area contributed by atoms with Gasteiger partial charge in [-0.05, 0) is 49.2 Å². The summed E-state index contributed by atoms with van der Waals surface area (Å²) in [5, 5.41) is 0. The second-order valence-electron chi connectivity index (χ2n) is 6.07. The average Bonchev–Trinajstić information content (AvgIpc) is 3.05. The quantitative estimate of drug-likeness (QED) is 0.411. The zero-order valence-electron chi connectivity index (χ0n) is 15.8. The number of esters is 2. The summed E-state index contributed by atoms with van der Waals surface area (Å²) in [6, 6.07) is 14.3. The fraction of sp³-hybridized carbons (Fsp3) is 0.227. The lowest BCUT2D eigenvalue weighted by molar-refractivity contribution is -0.134. The molecule has 0 amide bonds. The van der Waals surface area contributed by atoms with Crippen molar-refractivity contribution < 1.29 is 23.8 Å².